The molecule has 0 unspecified atom stereocenters. The van der Waals surface area contributed by atoms with Crippen molar-refractivity contribution >= 4 is 0 Å². The maximum absolute atomic E-state index is 11.8. The average Bonchev–Trinajstić information content (AvgIpc) is 1.95. The Bertz CT molecular complexity index is 167. The molecule has 0 aliphatic rings. The highest BCUT2D eigenvalue weighted by Crippen LogP contribution is 2.36. The lowest BCUT2D eigenvalue weighted by molar-refractivity contribution is -0.463. The van der Waals surface area contributed by atoms with Gasteiger partial charge >= 0.3 is 18.9 Å². The largest absolute Gasteiger partial charge is 0.483 e. The average molecular weight is 232 g/mol. The molecule has 0 aromatic rings. The van der Waals surface area contributed by atoms with Crippen molar-refractivity contribution in [3.05, 3.63) is 0 Å². The highest BCUT2D eigenvalue weighted by Gasteiger charge is 2.59. The maximum Gasteiger partial charge on any atom is 0.483 e. The highest BCUT2D eigenvalue weighted by atomic mass is 19.4. The minimum atomic E-state index is -5.94. The number of halogens is 7. The topological polar surface area (TPSA) is 27.7 Å². The summed E-state index contributed by atoms with van der Waals surface area (Å²) in [5.41, 5.74) is 0. The second-order valence-electron chi connectivity index (χ2n) is 1.75. The van der Waals surface area contributed by atoms with E-state index in [1.165, 1.54) is 0 Å². The molecule has 3 nitrogen and oxygen atoms in total. The van der Waals surface area contributed by atoms with Gasteiger partial charge in [-0.25, -0.2) is 4.89 Å². The molecule has 0 aromatic carbocycles. The Labute approximate surface area is 72.3 Å². The fraction of sp³-hybridized carbons (Fsp3) is 1.00. The SMILES string of the molecule is FC(F)OOCOC(F)(F)C(F)(F)F. The monoisotopic (exact) mass is 232 g/mol. The predicted octanol–water partition coefficient (Wildman–Crippen LogP) is 2.29. The number of hydrogen-bond donors (Lipinski definition) is 0. The van der Waals surface area contributed by atoms with Crippen LogP contribution in [0.5, 0.6) is 0 Å². The predicted molar refractivity (Wildman–Crippen MR) is 25.1 cm³/mol. The van der Waals surface area contributed by atoms with Gasteiger partial charge in [-0.05, 0) is 0 Å². The van der Waals surface area contributed by atoms with Crippen LogP contribution in [0.2, 0.25) is 0 Å². The molecule has 0 amide bonds. The number of rotatable bonds is 5. The molecule has 0 aromatic heterocycles. The molecule has 0 aliphatic heterocycles. The van der Waals surface area contributed by atoms with Gasteiger partial charge in [-0.15, -0.1) is 0 Å². The molecule has 14 heavy (non-hydrogen) atoms. The lowest BCUT2D eigenvalue weighted by atomic mass is 10.6. The van der Waals surface area contributed by atoms with Crippen molar-refractivity contribution in [3.63, 3.8) is 0 Å². The van der Waals surface area contributed by atoms with Crippen molar-refractivity contribution in [3.8, 4) is 0 Å². The van der Waals surface area contributed by atoms with Crippen LogP contribution in [-0.2, 0) is 14.5 Å². The summed E-state index contributed by atoms with van der Waals surface area (Å²) >= 11 is 0. The van der Waals surface area contributed by atoms with Crippen molar-refractivity contribution in [1.29, 1.82) is 0 Å². The molecule has 0 fully saturated rings. The van der Waals surface area contributed by atoms with Crippen molar-refractivity contribution in [2.24, 2.45) is 0 Å². The number of alkyl halides is 7. The van der Waals surface area contributed by atoms with Gasteiger partial charge in [0.15, 0.2) is 6.79 Å². The number of ether oxygens (including phenoxy) is 1. The zero-order chi connectivity index (χ0) is 11.4. The van der Waals surface area contributed by atoms with Gasteiger partial charge in [0, 0.05) is 0 Å². The van der Waals surface area contributed by atoms with E-state index in [9.17, 15) is 30.7 Å². The second-order valence-corrected chi connectivity index (χ2v) is 1.75. The molecule has 0 saturated carbocycles. The third-order valence-corrected chi connectivity index (χ3v) is 0.759. The van der Waals surface area contributed by atoms with Crippen LogP contribution in [0.1, 0.15) is 0 Å². The third-order valence-electron chi connectivity index (χ3n) is 0.759. The molecule has 86 valence electrons. The third kappa shape index (κ3) is 4.58. The van der Waals surface area contributed by atoms with Crippen LogP contribution in [0.25, 0.3) is 0 Å². The van der Waals surface area contributed by atoms with Crippen LogP contribution >= 0.6 is 0 Å². The first-order valence-electron chi connectivity index (χ1n) is 2.82. The van der Waals surface area contributed by atoms with Gasteiger partial charge in [-0.1, -0.05) is 0 Å². The molecule has 10 heteroatoms. The lowest BCUT2D eigenvalue weighted by Gasteiger charge is -2.18. The summed E-state index contributed by atoms with van der Waals surface area (Å²) in [5, 5.41) is 0. The quantitative estimate of drug-likeness (QED) is 0.239. The Morgan fingerprint density at radius 3 is 1.86 bits per heavy atom. The number of hydrogen-bond acceptors (Lipinski definition) is 3. The van der Waals surface area contributed by atoms with Crippen LogP contribution in [0.4, 0.5) is 30.7 Å². The smallest absolute Gasteiger partial charge is 0.283 e. The van der Waals surface area contributed by atoms with Gasteiger partial charge in [0.05, 0.1) is 0 Å². The Morgan fingerprint density at radius 1 is 1.00 bits per heavy atom. The van der Waals surface area contributed by atoms with Crippen molar-refractivity contribution in [2.45, 2.75) is 18.9 Å². The van der Waals surface area contributed by atoms with Gasteiger partial charge in [0.25, 0.3) is 0 Å². The fourth-order valence-corrected chi connectivity index (χ4v) is 0.259. The lowest BCUT2D eigenvalue weighted by Crippen LogP contribution is -2.39. The first kappa shape index (κ1) is 13.4. The summed E-state index contributed by atoms with van der Waals surface area (Å²) in [5.74, 6) is 0. The van der Waals surface area contributed by atoms with Crippen LogP contribution in [0.15, 0.2) is 0 Å². The van der Waals surface area contributed by atoms with Gasteiger partial charge < -0.3 is 0 Å². The zero-order valence-corrected chi connectivity index (χ0v) is 6.15. The van der Waals surface area contributed by atoms with E-state index in [4.69, 9.17) is 0 Å². The minimum Gasteiger partial charge on any atom is -0.283 e. The van der Waals surface area contributed by atoms with E-state index in [1.807, 2.05) is 0 Å². The summed E-state index contributed by atoms with van der Waals surface area (Å²) in [7, 11) is 0. The zero-order valence-electron chi connectivity index (χ0n) is 6.15. The maximum atomic E-state index is 11.8. The van der Waals surface area contributed by atoms with Gasteiger partial charge in [0.1, 0.15) is 0 Å². The second kappa shape index (κ2) is 4.75. The van der Waals surface area contributed by atoms with E-state index in [2.05, 4.69) is 14.5 Å². The molecule has 0 radical (unpaired) electrons. The van der Waals surface area contributed by atoms with Crippen molar-refractivity contribution in [1.82, 2.24) is 0 Å². The Kier molecular flexibility index (Phi) is 4.55. The molecule has 0 aliphatic carbocycles. The Morgan fingerprint density at radius 2 is 1.50 bits per heavy atom. The normalized spacial score (nSPS) is 13.7. The van der Waals surface area contributed by atoms with E-state index in [1.54, 1.807) is 0 Å². The van der Waals surface area contributed by atoms with Gasteiger partial charge in [0.2, 0.25) is 0 Å². The van der Waals surface area contributed by atoms with E-state index in [0.29, 0.717) is 0 Å². The molecule has 0 saturated heterocycles. The van der Waals surface area contributed by atoms with Crippen LogP contribution in [0, 0.1) is 0 Å². The molecule has 0 rings (SSSR count). The van der Waals surface area contributed by atoms with Crippen LogP contribution in [0.3, 0.4) is 0 Å². The highest BCUT2D eigenvalue weighted by molar-refractivity contribution is 4.62. The molecular formula is C4H3F7O3. The van der Waals surface area contributed by atoms with Crippen molar-refractivity contribution < 1.29 is 45.2 Å². The van der Waals surface area contributed by atoms with E-state index >= 15 is 0 Å². The molecule has 0 heterocycles. The molecule has 0 spiro atoms. The first-order valence-corrected chi connectivity index (χ1v) is 2.82. The van der Waals surface area contributed by atoms with Gasteiger partial charge in [-0.2, -0.15) is 35.6 Å². The van der Waals surface area contributed by atoms with E-state index in [0.717, 1.165) is 0 Å². The molecular weight excluding hydrogens is 229 g/mol. The summed E-state index contributed by atoms with van der Waals surface area (Å²) in [6, 6.07) is 0. The summed E-state index contributed by atoms with van der Waals surface area (Å²) in [4.78, 5) is 6.06. The standard InChI is InChI=1S/C4H3F7O3/c5-2(6)14-13-1-12-4(10,11)3(7,8)9/h2H,1H2. The van der Waals surface area contributed by atoms with Crippen LogP contribution in [-0.4, -0.2) is 25.7 Å². The fourth-order valence-electron chi connectivity index (χ4n) is 0.259. The van der Waals surface area contributed by atoms with Crippen molar-refractivity contribution in [2.75, 3.05) is 6.79 Å². The summed E-state index contributed by atoms with van der Waals surface area (Å²) < 4.78 is 82.4. The minimum absolute atomic E-state index is 1.78. The summed E-state index contributed by atoms with van der Waals surface area (Å²) in [6.45, 7) is -5.24. The Balaban J connectivity index is 3.78. The molecule has 0 bridgehead atoms. The molecule has 0 atom stereocenters. The van der Waals surface area contributed by atoms with E-state index in [-0.39, 0.29) is 0 Å². The van der Waals surface area contributed by atoms with E-state index < -0.39 is 25.7 Å². The van der Waals surface area contributed by atoms with Gasteiger partial charge in [-0.3, -0.25) is 4.74 Å². The summed E-state index contributed by atoms with van der Waals surface area (Å²) in [6.07, 6.45) is -11.4. The van der Waals surface area contributed by atoms with Crippen LogP contribution < -0.4 is 0 Å². The first-order chi connectivity index (χ1) is 6.17. The molecule has 0 N–H and O–H groups in total. The Hall–Kier alpha value is -0.610.